The van der Waals surface area contributed by atoms with Crippen molar-refractivity contribution in [2.45, 2.75) is 84.1 Å². The van der Waals surface area contributed by atoms with E-state index in [-0.39, 0.29) is 0 Å². The molecule has 0 bridgehead atoms. The van der Waals surface area contributed by atoms with E-state index in [0.29, 0.717) is 5.41 Å². The second-order valence-corrected chi connectivity index (χ2v) is 9.38. The first kappa shape index (κ1) is 13.6. The fraction of sp³-hybridized carbons (Fsp3) is 1.00. The lowest BCUT2D eigenvalue weighted by atomic mass is 9.45. The van der Waals surface area contributed by atoms with E-state index in [1.165, 1.54) is 44.9 Å². The van der Waals surface area contributed by atoms with Crippen LogP contribution in [-0.2, 0) is 0 Å². The molecule has 4 aliphatic carbocycles. The van der Waals surface area contributed by atoms with E-state index in [1.54, 1.807) is 19.3 Å². The number of quaternary nitrogens is 1. The van der Waals surface area contributed by atoms with Crippen LogP contribution in [-0.4, -0.2) is 6.04 Å². The van der Waals surface area contributed by atoms with Gasteiger partial charge in [0.15, 0.2) is 0 Å². The van der Waals surface area contributed by atoms with Crippen LogP contribution in [0.15, 0.2) is 0 Å². The Morgan fingerprint density at radius 3 is 2.55 bits per heavy atom. The van der Waals surface area contributed by atoms with Gasteiger partial charge in [0.2, 0.25) is 0 Å². The topological polar surface area (TPSA) is 27.6 Å². The molecule has 0 aliphatic heterocycles. The maximum Gasteiger partial charge on any atom is 0.0846 e. The SMILES string of the molecule is C[C@@]12CCC[C@H]1[C@@H]1CCC3C[C@@H]([NH3+])CC[C@]3(C)[C@H]1CC2. The molecular formula is C19H34N+. The Kier molecular flexibility index (Phi) is 3.05. The van der Waals surface area contributed by atoms with Crippen LogP contribution in [0, 0.1) is 34.5 Å². The summed E-state index contributed by atoms with van der Waals surface area (Å²) >= 11 is 0. The van der Waals surface area contributed by atoms with Gasteiger partial charge >= 0.3 is 0 Å². The first-order valence-electron chi connectivity index (χ1n) is 9.36. The van der Waals surface area contributed by atoms with Gasteiger partial charge in [-0.1, -0.05) is 20.3 Å². The molecule has 0 saturated heterocycles. The summed E-state index contributed by atoms with van der Waals surface area (Å²) in [5.41, 5.74) is 5.80. The normalized spacial score (nSPS) is 58.6. The first-order chi connectivity index (χ1) is 9.53. The lowest BCUT2D eigenvalue weighted by Gasteiger charge is -2.60. The molecule has 0 radical (unpaired) electrons. The summed E-state index contributed by atoms with van der Waals surface area (Å²) in [6, 6.07) is 0.755. The molecule has 0 aromatic heterocycles. The van der Waals surface area contributed by atoms with Gasteiger partial charge in [0.25, 0.3) is 0 Å². The molecule has 7 atom stereocenters. The van der Waals surface area contributed by atoms with Crippen LogP contribution in [0.4, 0.5) is 0 Å². The van der Waals surface area contributed by atoms with Crippen LogP contribution in [0.1, 0.15) is 78.1 Å². The van der Waals surface area contributed by atoms with E-state index in [2.05, 4.69) is 19.6 Å². The second kappa shape index (κ2) is 4.48. The third-order valence-corrected chi connectivity index (χ3v) is 8.56. The Labute approximate surface area is 125 Å². The monoisotopic (exact) mass is 276 g/mol. The molecule has 4 saturated carbocycles. The summed E-state index contributed by atoms with van der Waals surface area (Å²) in [6.45, 7) is 5.31. The van der Waals surface area contributed by atoms with Crippen molar-refractivity contribution in [1.82, 2.24) is 0 Å². The van der Waals surface area contributed by atoms with Crippen molar-refractivity contribution in [2.75, 3.05) is 0 Å². The third kappa shape index (κ3) is 1.77. The van der Waals surface area contributed by atoms with Crippen LogP contribution < -0.4 is 5.73 Å². The highest BCUT2D eigenvalue weighted by Crippen LogP contribution is 2.65. The first-order valence-corrected chi connectivity index (χ1v) is 9.36. The highest BCUT2D eigenvalue weighted by molar-refractivity contribution is 5.07. The molecular weight excluding hydrogens is 242 g/mol. The van der Waals surface area contributed by atoms with Crippen molar-refractivity contribution >= 4 is 0 Å². The predicted molar refractivity (Wildman–Crippen MR) is 83.0 cm³/mol. The number of hydrogen-bond acceptors (Lipinski definition) is 0. The van der Waals surface area contributed by atoms with Crippen molar-refractivity contribution in [1.29, 1.82) is 0 Å². The second-order valence-electron chi connectivity index (χ2n) is 9.38. The molecule has 0 spiro atoms. The molecule has 4 aliphatic rings. The molecule has 1 heteroatoms. The van der Waals surface area contributed by atoms with E-state index in [0.717, 1.165) is 35.1 Å². The van der Waals surface area contributed by atoms with Crippen LogP contribution in [0.3, 0.4) is 0 Å². The number of hydrogen-bond donors (Lipinski definition) is 1. The van der Waals surface area contributed by atoms with Gasteiger partial charge < -0.3 is 5.73 Å². The summed E-state index contributed by atoms with van der Waals surface area (Å²) in [5, 5.41) is 0. The molecule has 20 heavy (non-hydrogen) atoms. The molecule has 0 aromatic carbocycles. The van der Waals surface area contributed by atoms with Crippen molar-refractivity contribution < 1.29 is 5.73 Å². The van der Waals surface area contributed by atoms with Gasteiger partial charge in [-0.2, -0.15) is 0 Å². The average molecular weight is 276 g/mol. The summed E-state index contributed by atoms with van der Waals surface area (Å²) in [5.74, 6) is 4.23. The molecule has 114 valence electrons. The quantitative estimate of drug-likeness (QED) is 0.692. The third-order valence-electron chi connectivity index (χ3n) is 8.56. The van der Waals surface area contributed by atoms with E-state index < -0.39 is 0 Å². The van der Waals surface area contributed by atoms with Gasteiger partial charge in [0, 0.05) is 6.42 Å². The minimum absolute atomic E-state index is 0.682. The van der Waals surface area contributed by atoms with Crippen LogP contribution >= 0.6 is 0 Å². The maximum atomic E-state index is 4.39. The zero-order valence-electron chi connectivity index (χ0n) is 13.7. The molecule has 4 rings (SSSR count). The fourth-order valence-corrected chi connectivity index (χ4v) is 7.34. The lowest BCUT2D eigenvalue weighted by Crippen LogP contribution is -2.65. The van der Waals surface area contributed by atoms with Crippen LogP contribution in [0.2, 0.25) is 0 Å². The number of rotatable bonds is 0. The predicted octanol–water partition coefficient (Wildman–Crippen LogP) is 4.03. The van der Waals surface area contributed by atoms with E-state index in [9.17, 15) is 0 Å². The van der Waals surface area contributed by atoms with Crippen molar-refractivity contribution in [3.05, 3.63) is 0 Å². The molecule has 4 fully saturated rings. The van der Waals surface area contributed by atoms with Crippen molar-refractivity contribution in [3.63, 3.8) is 0 Å². The Hall–Kier alpha value is -0.0400. The largest absolute Gasteiger partial charge is 0.355 e. The van der Waals surface area contributed by atoms with Gasteiger partial charge in [0.05, 0.1) is 6.04 Å². The Bertz CT molecular complexity index is 391. The van der Waals surface area contributed by atoms with E-state index in [1.807, 2.05) is 0 Å². The minimum Gasteiger partial charge on any atom is -0.355 e. The molecule has 1 unspecified atom stereocenters. The summed E-state index contributed by atoms with van der Waals surface area (Å²) in [6.07, 6.45) is 15.1. The standard InChI is InChI=1S/C19H33N/c1-18-9-3-4-16(18)15-6-5-13-12-14(20)7-11-19(13,2)17(15)8-10-18/h13-17H,3-12,20H2,1-2H3/p+1/t13?,14-,15-,16-,17-,18-,19-/m0/s1. The Balaban J connectivity index is 1.62. The van der Waals surface area contributed by atoms with Crippen molar-refractivity contribution in [2.24, 2.45) is 34.5 Å². The van der Waals surface area contributed by atoms with Crippen LogP contribution in [0.5, 0.6) is 0 Å². The average Bonchev–Trinajstić information content (AvgIpc) is 2.81. The summed E-state index contributed by atoms with van der Waals surface area (Å²) < 4.78 is 0. The lowest BCUT2D eigenvalue weighted by molar-refractivity contribution is -0.433. The molecule has 0 heterocycles. The zero-order valence-corrected chi connectivity index (χ0v) is 13.7. The highest BCUT2D eigenvalue weighted by Gasteiger charge is 2.57. The van der Waals surface area contributed by atoms with E-state index in [4.69, 9.17) is 0 Å². The number of fused-ring (bicyclic) bond motifs is 5. The van der Waals surface area contributed by atoms with Gasteiger partial charge in [-0.25, -0.2) is 0 Å². The molecule has 3 N–H and O–H groups in total. The fourth-order valence-electron chi connectivity index (χ4n) is 7.34. The van der Waals surface area contributed by atoms with Gasteiger partial charge in [0.1, 0.15) is 0 Å². The zero-order chi connectivity index (χ0) is 14.0. The summed E-state index contributed by atoms with van der Waals surface area (Å²) in [7, 11) is 0. The van der Waals surface area contributed by atoms with Gasteiger partial charge in [-0.3, -0.25) is 0 Å². The molecule has 0 amide bonds. The van der Waals surface area contributed by atoms with Gasteiger partial charge in [-0.05, 0) is 85.9 Å². The molecule has 0 aromatic rings. The Morgan fingerprint density at radius 2 is 1.70 bits per heavy atom. The maximum absolute atomic E-state index is 4.39. The summed E-state index contributed by atoms with van der Waals surface area (Å²) in [4.78, 5) is 0. The highest BCUT2D eigenvalue weighted by atomic mass is 14.7. The minimum atomic E-state index is 0.682. The molecule has 1 nitrogen and oxygen atoms in total. The Morgan fingerprint density at radius 1 is 0.850 bits per heavy atom. The van der Waals surface area contributed by atoms with Gasteiger partial charge in [-0.15, -0.1) is 0 Å². The van der Waals surface area contributed by atoms with Crippen molar-refractivity contribution in [3.8, 4) is 0 Å². The van der Waals surface area contributed by atoms with Crippen LogP contribution in [0.25, 0.3) is 0 Å². The smallest absolute Gasteiger partial charge is 0.0846 e. The van der Waals surface area contributed by atoms with E-state index >= 15 is 0 Å².